The van der Waals surface area contributed by atoms with Gasteiger partial charge in [-0.2, -0.15) is 0 Å². The van der Waals surface area contributed by atoms with Crippen molar-refractivity contribution in [3.63, 3.8) is 0 Å². The van der Waals surface area contributed by atoms with E-state index >= 15 is 0 Å². The molecule has 3 rings (SSSR count). The number of aromatic nitrogens is 2. The maximum absolute atomic E-state index is 4.07. The summed E-state index contributed by atoms with van der Waals surface area (Å²) in [4.78, 5) is 0. The average Bonchev–Trinajstić information content (AvgIpc) is 3.03. The minimum absolute atomic E-state index is 0.866. The van der Waals surface area contributed by atoms with Crippen molar-refractivity contribution in [2.24, 2.45) is 0 Å². The van der Waals surface area contributed by atoms with E-state index in [1.54, 1.807) is 0 Å². The molecule has 1 aromatic heterocycles. The summed E-state index contributed by atoms with van der Waals surface area (Å²) in [6.07, 6.45) is 0. The van der Waals surface area contributed by atoms with Crippen LogP contribution in [-0.4, -0.2) is 9.59 Å². The molecule has 0 spiro atoms. The molecule has 0 unspecified atom stereocenters. The van der Waals surface area contributed by atoms with Crippen molar-refractivity contribution in [3.05, 3.63) is 71.1 Å². The van der Waals surface area contributed by atoms with E-state index in [1.165, 1.54) is 22.7 Å². The van der Waals surface area contributed by atoms with E-state index < -0.39 is 0 Å². The standard InChI is InChI=1S/C16H15N3S/c1-2-4-13(5-3-1)10-17-11-14-6-8-15(9-7-14)16-12-20-19-18-16/h1-9,12,17H,10-11H2. The molecule has 0 fully saturated rings. The topological polar surface area (TPSA) is 37.8 Å². The molecule has 4 heteroatoms. The van der Waals surface area contributed by atoms with E-state index in [-0.39, 0.29) is 0 Å². The van der Waals surface area contributed by atoms with Crippen LogP contribution in [0.2, 0.25) is 0 Å². The van der Waals surface area contributed by atoms with E-state index in [0.717, 1.165) is 24.3 Å². The van der Waals surface area contributed by atoms with Crippen LogP contribution in [0, 0.1) is 0 Å². The number of hydrogen-bond acceptors (Lipinski definition) is 4. The Morgan fingerprint density at radius 2 is 1.55 bits per heavy atom. The van der Waals surface area contributed by atoms with Crippen LogP contribution in [0.5, 0.6) is 0 Å². The zero-order valence-electron chi connectivity index (χ0n) is 11.0. The van der Waals surface area contributed by atoms with Crippen LogP contribution in [0.1, 0.15) is 11.1 Å². The maximum atomic E-state index is 4.07. The molecule has 1 N–H and O–H groups in total. The molecule has 0 amide bonds. The van der Waals surface area contributed by atoms with Gasteiger partial charge in [-0.15, -0.1) is 5.10 Å². The van der Waals surface area contributed by atoms with Crippen LogP contribution >= 0.6 is 11.5 Å². The first-order chi connectivity index (χ1) is 9.92. The van der Waals surface area contributed by atoms with Crippen LogP contribution in [0.15, 0.2) is 60.0 Å². The highest BCUT2D eigenvalue weighted by atomic mass is 32.1. The lowest BCUT2D eigenvalue weighted by molar-refractivity contribution is 0.693. The number of rotatable bonds is 5. The van der Waals surface area contributed by atoms with Crippen molar-refractivity contribution in [1.82, 2.24) is 14.9 Å². The zero-order chi connectivity index (χ0) is 13.6. The van der Waals surface area contributed by atoms with Crippen molar-refractivity contribution in [3.8, 4) is 11.3 Å². The molecule has 3 aromatic rings. The van der Waals surface area contributed by atoms with Crippen molar-refractivity contribution >= 4 is 11.5 Å². The summed E-state index contributed by atoms with van der Waals surface area (Å²) in [5, 5.41) is 9.48. The van der Waals surface area contributed by atoms with Gasteiger partial charge in [0, 0.05) is 24.0 Å². The molecular weight excluding hydrogens is 266 g/mol. The van der Waals surface area contributed by atoms with Crippen molar-refractivity contribution in [2.75, 3.05) is 0 Å². The molecule has 0 radical (unpaired) electrons. The Kier molecular flexibility index (Phi) is 4.16. The Labute approximate surface area is 122 Å². The quantitative estimate of drug-likeness (QED) is 0.778. The van der Waals surface area contributed by atoms with Crippen LogP contribution in [0.3, 0.4) is 0 Å². The monoisotopic (exact) mass is 281 g/mol. The van der Waals surface area contributed by atoms with Crippen molar-refractivity contribution in [1.29, 1.82) is 0 Å². The zero-order valence-corrected chi connectivity index (χ0v) is 11.8. The Balaban J connectivity index is 1.56. The molecule has 0 aliphatic rings. The van der Waals surface area contributed by atoms with Crippen molar-refractivity contribution < 1.29 is 0 Å². The summed E-state index contributed by atoms with van der Waals surface area (Å²) in [5.41, 5.74) is 4.63. The van der Waals surface area contributed by atoms with Gasteiger partial charge in [0.25, 0.3) is 0 Å². The molecule has 100 valence electrons. The van der Waals surface area contributed by atoms with E-state index in [2.05, 4.69) is 63.4 Å². The van der Waals surface area contributed by atoms with Crippen molar-refractivity contribution in [2.45, 2.75) is 13.1 Å². The third-order valence-electron chi connectivity index (χ3n) is 3.11. The first-order valence-corrected chi connectivity index (χ1v) is 7.36. The Hall–Kier alpha value is -2.04. The molecule has 0 atom stereocenters. The first-order valence-electron chi connectivity index (χ1n) is 6.53. The molecule has 0 aliphatic carbocycles. The van der Waals surface area contributed by atoms with E-state index in [9.17, 15) is 0 Å². The fourth-order valence-corrected chi connectivity index (χ4v) is 2.50. The van der Waals surface area contributed by atoms with Gasteiger partial charge in [-0.05, 0) is 22.7 Å². The van der Waals surface area contributed by atoms with Gasteiger partial charge in [-0.1, -0.05) is 59.1 Å². The minimum Gasteiger partial charge on any atom is -0.309 e. The molecular formula is C16H15N3S. The molecule has 0 saturated carbocycles. The predicted octanol–water partition coefficient (Wildman–Crippen LogP) is 3.49. The van der Waals surface area contributed by atoms with Crippen LogP contribution in [-0.2, 0) is 13.1 Å². The number of hydrogen-bond donors (Lipinski definition) is 1. The normalized spacial score (nSPS) is 10.6. The lowest BCUT2D eigenvalue weighted by Crippen LogP contribution is -2.12. The first kappa shape index (κ1) is 13.0. The molecule has 0 saturated heterocycles. The van der Waals surface area contributed by atoms with Gasteiger partial charge in [0.05, 0.1) is 0 Å². The van der Waals surface area contributed by atoms with Gasteiger partial charge in [-0.25, -0.2) is 0 Å². The second-order valence-corrected chi connectivity index (χ2v) is 5.19. The average molecular weight is 281 g/mol. The highest BCUT2D eigenvalue weighted by Gasteiger charge is 2.00. The Bertz CT molecular complexity index is 633. The van der Waals surface area contributed by atoms with Crippen LogP contribution in [0.4, 0.5) is 0 Å². The third-order valence-corrected chi connectivity index (χ3v) is 3.62. The number of benzene rings is 2. The van der Waals surface area contributed by atoms with Gasteiger partial charge in [-0.3, -0.25) is 0 Å². The Morgan fingerprint density at radius 1 is 0.850 bits per heavy atom. The van der Waals surface area contributed by atoms with Gasteiger partial charge < -0.3 is 5.32 Å². The second kappa shape index (κ2) is 6.41. The second-order valence-electron chi connectivity index (χ2n) is 4.58. The molecule has 0 aliphatic heterocycles. The van der Waals surface area contributed by atoms with Crippen LogP contribution < -0.4 is 5.32 Å². The lowest BCUT2D eigenvalue weighted by atomic mass is 10.1. The number of nitrogens with one attached hydrogen (secondary N) is 1. The fourth-order valence-electron chi connectivity index (χ4n) is 2.03. The summed E-state index contributed by atoms with van der Waals surface area (Å²) in [5.74, 6) is 0. The van der Waals surface area contributed by atoms with E-state index in [1.807, 2.05) is 11.4 Å². The summed E-state index contributed by atoms with van der Waals surface area (Å²) in [6.45, 7) is 1.75. The molecule has 20 heavy (non-hydrogen) atoms. The number of nitrogens with zero attached hydrogens (tertiary/aromatic N) is 2. The van der Waals surface area contributed by atoms with Crippen LogP contribution in [0.25, 0.3) is 11.3 Å². The van der Waals surface area contributed by atoms with Gasteiger partial charge in [0.1, 0.15) is 5.69 Å². The van der Waals surface area contributed by atoms with Gasteiger partial charge in [0.15, 0.2) is 0 Å². The highest BCUT2D eigenvalue weighted by molar-refractivity contribution is 7.03. The predicted molar refractivity (Wildman–Crippen MR) is 82.3 cm³/mol. The SMILES string of the molecule is c1ccc(CNCc2ccc(-c3csnn3)cc2)cc1. The maximum Gasteiger partial charge on any atom is 0.105 e. The summed E-state index contributed by atoms with van der Waals surface area (Å²) in [6, 6.07) is 18.9. The smallest absolute Gasteiger partial charge is 0.105 e. The summed E-state index contributed by atoms with van der Waals surface area (Å²) < 4.78 is 3.88. The molecule has 1 heterocycles. The Morgan fingerprint density at radius 3 is 2.20 bits per heavy atom. The third kappa shape index (κ3) is 3.29. The largest absolute Gasteiger partial charge is 0.309 e. The minimum atomic E-state index is 0.866. The fraction of sp³-hybridized carbons (Fsp3) is 0.125. The molecule has 2 aromatic carbocycles. The van der Waals surface area contributed by atoms with Gasteiger partial charge in [0.2, 0.25) is 0 Å². The lowest BCUT2D eigenvalue weighted by Gasteiger charge is -2.05. The van der Waals surface area contributed by atoms with Gasteiger partial charge >= 0.3 is 0 Å². The highest BCUT2D eigenvalue weighted by Crippen LogP contribution is 2.18. The summed E-state index contributed by atoms with van der Waals surface area (Å²) >= 11 is 1.38. The van der Waals surface area contributed by atoms with E-state index in [0.29, 0.717) is 0 Å². The molecule has 0 bridgehead atoms. The molecule has 3 nitrogen and oxygen atoms in total. The summed E-state index contributed by atoms with van der Waals surface area (Å²) in [7, 11) is 0. The van der Waals surface area contributed by atoms with E-state index in [4.69, 9.17) is 0 Å².